The highest BCUT2D eigenvalue weighted by atomic mass is 32.1. The largest absolute Gasteiger partial charge is 0.363 e. The number of thiocarbonyl (C=S) groups is 1. The first-order chi connectivity index (χ1) is 6.24. The quantitative estimate of drug-likeness (QED) is 0.773. The van der Waals surface area contributed by atoms with Crippen LogP contribution in [0.15, 0.2) is 10.9 Å². The Kier molecular flexibility index (Phi) is 4.11. The lowest BCUT2D eigenvalue weighted by Gasteiger charge is -2.19. The van der Waals surface area contributed by atoms with Crippen LogP contribution in [0, 0.1) is 0 Å². The summed E-state index contributed by atoms with van der Waals surface area (Å²) in [6.45, 7) is 3.67. The molecule has 1 aromatic rings. The van der Waals surface area contributed by atoms with Gasteiger partial charge in [0.1, 0.15) is 0 Å². The average Bonchev–Trinajstić information content (AvgIpc) is 2.57. The predicted molar refractivity (Wildman–Crippen MR) is 59.9 cm³/mol. The molecule has 0 fully saturated rings. The minimum Gasteiger partial charge on any atom is -0.363 e. The number of nitrogens with zero attached hydrogens (tertiary/aromatic N) is 2. The molecule has 5 heteroatoms. The first-order valence-electron chi connectivity index (χ1n) is 4.10. The smallest absolute Gasteiger partial charge is 0.169 e. The van der Waals surface area contributed by atoms with Gasteiger partial charge in [0.15, 0.2) is 5.11 Å². The molecule has 1 rings (SSSR count). The van der Waals surface area contributed by atoms with Crippen molar-refractivity contribution >= 4 is 28.7 Å². The zero-order chi connectivity index (χ0) is 9.68. The summed E-state index contributed by atoms with van der Waals surface area (Å²) in [5, 5.41) is 5.90. The van der Waals surface area contributed by atoms with Crippen LogP contribution in [0.2, 0.25) is 0 Å². The normalized spacial score (nSPS) is 9.69. The maximum absolute atomic E-state index is 5.14. The van der Waals surface area contributed by atoms with Crippen molar-refractivity contribution in [3.05, 3.63) is 16.6 Å². The van der Waals surface area contributed by atoms with Gasteiger partial charge in [0.25, 0.3) is 0 Å². The van der Waals surface area contributed by atoms with E-state index in [1.807, 2.05) is 29.8 Å². The van der Waals surface area contributed by atoms with E-state index < -0.39 is 0 Å². The summed E-state index contributed by atoms with van der Waals surface area (Å²) < 4.78 is 0. The van der Waals surface area contributed by atoms with Crippen LogP contribution in [0.25, 0.3) is 0 Å². The third-order valence-corrected chi connectivity index (χ3v) is 2.65. The third-order valence-electron chi connectivity index (χ3n) is 1.56. The summed E-state index contributed by atoms with van der Waals surface area (Å²) in [6.07, 6.45) is 0. The summed E-state index contributed by atoms with van der Waals surface area (Å²) in [6, 6.07) is 0. The Morgan fingerprint density at radius 2 is 2.54 bits per heavy atom. The molecule has 72 valence electrons. The fourth-order valence-electron chi connectivity index (χ4n) is 0.917. The molecule has 0 aliphatic carbocycles. The van der Waals surface area contributed by atoms with Gasteiger partial charge in [-0.1, -0.05) is 0 Å². The van der Waals surface area contributed by atoms with Crippen molar-refractivity contribution < 1.29 is 0 Å². The highest BCUT2D eigenvalue weighted by Gasteiger charge is 2.04. The summed E-state index contributed by atoms with van der Waals surface area (Å²) in [4.78, 5) is 6.17. The molecule has 0 aliphatic heterocycles. The van der Waals surface area contributed by atoms with Crippen molar-refractivity contribution in [1.82, 2.24) is 15.2 Å². The molecule has 0 radical (unpaired) electrons. The topological polar surface area (TPSA) is 28.2 Å². The van der Waals surface area contributed by atoms with Crippen LogP contribution in [0.1, 0.15) is 12.6 Å². The first kappa shape index (κ1) is 10.4. The van der Waals surface area contributed by atoms with Crippen LogP contribution in [0.3, 0.4) is 0 Å². The number of nitrogens with one attached hydrogen (secondary N) is 1. The van der Waals surface area contributed by atoms with E-state index in [0.717, 1.165) is 23.9 Å². The average molecular weight is 215 g/mol. The second-order valence-corrected chi connectivity index (χ2v) is 3.78. The van der Waals surface area contributed by atoms with Crippen molar-refractivity contribution in [3.63, 3.8) is 0 Å². The molecule has 0 aliphatic rings. The minimum atomic E-state index is 0.773. The summed E-state index contributed by atoms with van der Waals surface area (Å²) >= 11 is 6.74. The first-order valence-corrected chi connectivity index (χ1v) is 5.45. The Morgan fingerprint density at radius 3 is 3.08 bits per heavy atom. The van der Waals surface area contributed by atoms with Crippen LogP contribution in [0.4, 0.5) is 0 Å². The lowest BCUT2D eigenvalue weighted by atomic mass is 10.4. The Labute approximate surface area is 87.8 Å². The van der Waals surface area contributed by atoms with Crippen molar-refractivity contribution in [2.45, 2.75) is 13.5 Å². The van der Waals surface area contributed by atoms with Crippen LogP contribution in [0.5, 0.6) is 0 Å². The fourth-order valence-corrected chi connectivity index (χ4v) is 1.68. The van der Waals surface area contributed by atoms with E-state index in [4.69, 9.17) is 12.2 Å². The summed E-state index contributed by atoms with van der Waals surface area (Å²) in [5.74, 6) is 0. The van der Waals surface area contributed by atoms with Gasteiger partial charge in [0.2, 0.25) is 0 Å². The van der Waals surface area contributed by atoms with E-state index in [1.165, 1.54) is 0 Å². The lowest BCUT2D eigenvalue weighted by Crippen LogP contribution is -2.36. The monoisotopic (exact) mass is 215 g/mol. The molecule has 3 nitrogen and oxygen atoms in total. The van der Waals surface area contributed by atoms with Crippen LogP contribution < -0.4 is 5.32 Å². The molecule has 0 amide bonds. The molecule has 0 unspecified atom stereocenters. The van der Waals surface area contributed by atoms with E-state index in [0.29, 0.717) is 0 Å². The van der Waals surface area contributed by atoms with Gasteiger partial charge in [0.05, 0.1) is 17.7 Å². The van der Waals surface area contributed by atoms with E-state index >= 15 is 0 Å². The molecule has 1 heterocycles. The maximum atomic E-state index is 5.14. The van der Waals surface area contributed by atoms with Gasteiger partial charge in [-0.3, -0.25) is 0 Å². The summed E-state index contributed by atoms with van der Waals surface area (Å²) in [7, 11) is 1.96. The number of hydrogen-bond donors (Lipinski definition) is 1. The van der Waals surface area contributed by atoms with E-state index in [2.05, 4.69) is 10.3 Å². The van der Waals surface area contributed by atoms with Gasteiger partial charge >= 0.3 is 0 Å². The molecule has 0 aromatic carbocycles. The van der Waals surface area contributed by atoms with Gasteiger partial charge in [-0.15, -0.1) is 11.3 Å². The third kappa shape index (κ3) is 3.28. The fraction of sp³-hybridized carbons (Fsp3) is 0.500. The molecule has 0 saturated heterocycles. The molecule has 0 bridgehead atoms. The second kappa shape index (κ2) is 5.14. The van der Waals surface area contributed by atoms with Crippen molar-refractivity contribution in [3.8, 4) is 0 Å². The lowest BCUT2D eigenvalue weighted by molar-refractivity contribution is 0.485. The Bertz CT molecular complexity index is 258. The van der Waals surface area contributed by atoms with E-state index in [9.17, 15) is 0 Å². The van der Waals surface area contributed by atoms with Crippen molar-refractivity contribution in [2.24, 2.45) is 0 Å². The molecule has 0 saturated carbocycles. The van der Waals surface area contributed by atoms with Crippen LogP contribution in [-0.4, -0.2) is 28.6 Å². The highest BCUT2D eigenvalue weighted by Crippen LogP contribution is 2.03. The Morgan fingerprint density at radius 1 is 1.77 bits per heavy atom. The van der Waals surface area contributed by atoms with Crippen LogP contribution >= 0.6 is 23.6 Å². The van der Waals surface area contributed by atoms with E-state index in [1.54, 1.807) is 11.3 Å². The highest BCUT2D eigenvalue weighted by molar-refractivity contribution is 7.80. The van der Waals surface area contributed by atoms with Gasteiger partial charge in [-0.05, 0) is 19.1 Å². The number of rotatable bonds is 3. The Balaban J connectivity index is 2.41. The zero-order valence-electron chi connectivity index (χ0n) is 7.78. The molecular weight excluding hydrogens is 202 g/mol. The molecule has 1 N–H and O–H groups in total. The standard InChI is InChI=1S/C8H13N3S2/c1-3-9-8(12)11(2)4-7-5-13-6-10-7/h5-6H,3-4H2,1-2H3,(H,9,12). The Hall–Kier alpha value is -0.680. The summed E-state index contributed by atoms with van der Waals surface area (Å²) in [5.41, 5.74) is 2.90. The molecule has 0 atom stereocenters. The number of aromatic nitrogens is 1. The molecule has 13 heavy (non-hydrogen) atoms. The molecular formula is C8H13N3S2. The minimum absolute atomic E-state index is 0.773. The number of thiazole rings is 1. The van der Waals surface area contributed by atoms with Crippen LogP contribution in [-0.2, 0) is 6.54 Å². The second-order valence-electron chi connectivity index (χ2n) is 2.67. The van der Waals surface area contributed by atoms with Gasteiger partial charge in [0, 0.05) is 19.0 Å². The number of hydrogen-bond acceptors (Lipinski definition) is 3. The predicted octanol–water partition coefficient (Wildman–Crippen LogP) is 1.47. The van der Waals surface area contributed by atoms with E-state index in [-0.39, 0.29) is 0 Å². The van der Waals surface area contributed by atoms with Crippen molar-refractivity contribution in [1.29, 1.82) is 0 Å². The van der Waals surface area contributed by atoms with Gasteiger partial charge in [-0.25, -0.2) is 4.98 Å². The maximum Gasteiger partial charge on any atom is 0.169 e. The van der Waals surface area contributed by atoms with Gasteiger partial charge < -0.3 is 10.2 Å². The SMILES string of the molecule is CCNC(=S)N(C)Cc1cscn1. The zero-order valence-corrected chi connectivity index (χ0v) is 9.41. The molecule has 1 aromatic heterocycles. The van der Waals surface area contributed by atoms with Crippen molar-refractivity contribution in [2.75, 3.05) is 13.6 Å². The van der Waals surface area contributed by atoms with Gasteiger partial charge in [-0.2, -0.15) is 0 Å². The molecule has 0 spiro atoms.